The van der Waals surface area contributed by atoms with Crippen LogP contribution < -0.4 is 4.74 Å². The number of aliphatic hydroxyl groups excluding tert-OH is 1. The largest absolute Gasteiger partial charge is 0.456 e. The van der Waals surface area contributed by atoms with Gasteiger partial charge in [0.25, 0.3) is 5.72 Å². The molecule has 0 saturated heterocycles. The minimum atomic E-state index is -1.69. The van der Waals surface area contributed by atoms with Crippen LogP contribution in [-0.4, -0.2) is 32.3 Å². The van der Waals surface area contributed by atoms with Crippen molar-refractivity contribution in [2.24, 2.45) is 5.41 Å². The van der Waals surface area contributed by atoms with E-state index in [1.54, 1.807) is 32.9 Å². The molecule has 2 aromatic heterocycles. The highest BCUT2D eigenvalue weighted by Gasteiger charge is 2.48. The summed E-state index contributed by atoms with van der Waals surface area (Å²) in [7, 11) is 0. The first kappa shape index (κ1) is 16.5. The first-order valence-electron chi connectivity index (χ1n) is 6.76. The van der Waals surface area contributed by atoms with Crippen molar-refractivity contribution >= 4 is 17.4 Å². The molecule has 0 aliphatic heterocycles. The molecule has 0 bridgehead atoms. The molecule has 1 atom stereocenters. The minimum absolute atomic E-state index is 0.206. The maximum atomic E-state index is 12.9. The van der Waals surface area contributed by atoms with E-state index < -0.39 is 17.7 Å². The summed E-state index contributed by atoms with van der Waals surface area (Å²) < 4.78 is 7.09. The van der Waals surface area contributed by atoms with Crippen molar-refractivity contribution in [1.82, 2.24) is 14.8 Å². The molecule has 0 fully saturated rings. The number of hydrogen-bond donors (Lipinski definition) is 1. The Balaban J connectivity index is 2.54. The number of ether oxygens (including phenoxy) is 1. The van der Waals surface area contributed by atoms with E-state index in [-0.39, 0.29) is 10.9 Å². The monoisotopic (exact) mass is 323 g/mol. The van der Waals surface area contributed by atoms with Crippen molar-refractivity contribution < 1.29 is 14.6 Å². The topological polar surface area (TPSA) is 77.2 Å². The molecule has 2 rings (SSSR count). The fourth-order valence-corrected chi connectivity index (χ4v) is 2.20. The second-order valence-electron chi connectivity index (χ2n) is 5.89. The van der Waals surface area contributed by atoms with E-state index >= 15 is 0 Å². The predicted octanol–water partition coefficient (Wildman–Crippen LogP) is 2.27. The summed E-state index contributed by atoms with van der Waals surface area (Å²) in [6.07, 6.45) is 4.58. The van der Waals surface area contributed by atoms with Crippen molar-refractivity contribution in [3.8, 4) is 5.75 Å². The Bertz CT molecular complexity index is 652. The molecule has 0 radical (unpaired) electrons. The lowest BCUT2D eigenvalue weighted by Crippen LogP contribution is -2.55. The van der Waals surface area contributed by atoms with Crippen LogP contribution in [0.3, 0.4) is 0 Å². The van der Waals surface area contributed by atoms with E-state index in [4.69, 9.17) is 16.3 Å². The Labute approximate surface area is 133 Å². The second-order valence-corrected chi connectivity index (χ2v) is 6.28. The summed E-state index contributed by atoms with van der Waals surface area (Å²) in [5.41, 5.74) is -2.44. The third kappa shape index (κ3) is 3.13. The van der Waals surface area contributed by atoms with Crippen LogP contribution in [0.25, 0.3) is 0 Å². The Morgan fingerprint density at radius 1 is 1.32 bits per heavy atom. The first-order chi connectivity index (χ1) is 10.3. The van der Waals surface area contributed by atoms with Crippen molar-refractivity contribution in [2.45, 2.75) is 26.5 Å². The van der Waals surface area contributed by atoms with E-state index in [1.165, 1.54) is 29.3 Å². The standard InChI is InChI=1S/C15H18ClN3O3/c1-14(2,3)13(21)15(10-20,19-9-6-12(16)18-19)22-11-4-7-17-8-5-11/h4-9,20H,10H2,1-3H3. The van der Waals surface area contributed by atoms with Gasteiger partial charge in [0.2, 0.25) is 5.78 Å². The molecule has 2 heterocycles. The van der Waals surface area contributed by atoms with Gasteiger partial charge in [-0.25, -0.2) is 4.68 Å². The molecule has 0 saturated carbocycles. The molecule has 6 nitrogen and oxygen atoms in total. The van der Waals surface area contributed by atoms with Gasteiger partial charge in [0, 0.05) is 24.0 Å². The highest BCUT2D eigenvalue weighted by molar-refractivity contribution is 6.29. The summed E-state index contributed by atoms with van der Waals surface area (Å²) >= 11 is 5.85. The number of Topliss-reactive ketones (excluding diaryl/α,β-unsaturated/α-hetero) is 1. The molecule has 0 aromatic carbocycles. The van der Waals surface area contributed by atoms with Crippen LogP contribution in [0.2, 0.25) is 5.15 Å². The van der Waals surface area contributed by atoms with Gasteiger partial charge in [-0.1, -0.05) is 32.4 Å². The van der Waals surface area contributed by atoms with Gasteiger partial charge in [-0.15, -0.1) is 0 Å². The van der Waals surface area contributed by atoms with Crippen molar-refractivity contribution in [1.29, 1.82) is 0 Å². The van der Waals surface area contributed by atoms with E-state index in [0.717, 1.165) is 0 Å². The van der Waals surface area contributed by atoms with Crippen LogP contribution in [0.5, 0.6) is 5.75 Å². The predicted molar refractivity (Wildman–Crippen MR) is 81.6 cm³/mol. The van der Waals surface area contributed by atoms with Gasteiger partial charge in [0.1, 0.15) is 12.4 Å². The quantitative estimate of drug-likeness (QED) is 0.913. The maximum Gasteiger partial charge on any atom is 0.283 e. The molecule has 0 amide bonds. The van der Waals surface area contributed by atoms with Crippen LogP contribution in [-0.2, 0) is 10.5 Å². The normalized spacial score (nSPS) is 14.4. The SMILES string of the molecule is CC(C)(C)C(=O)C(CO)(Oc1ccncc1)n1ccc(Cl)n1. The van der Waals surface area contributed by atoms with Crippen molar-refractivity contribution in [2.75, 3.05) is 6.61 Å². The lowest BCUT2D eigenvalue weighted by Gasteiger charge is -2.35. The average molecular weight is 324 g/mol. The molecule has 0 aliphatic carbocycles. The van der Waals surface area contributed by atoms with E-state index in [9.17, 15) is 9.90 Å². The molecular weight excluding hydrogens is 306 g/mol. The van der Waals surface area contributed by atoms with Gasteiger partial charge in [-0.3, -0.25) is 9.78 Å². The number of hydrogen-bond acceptors (Lipinski definition) is 5. The third-order valence-electron chi connectivity index (χ3n) is 3.11. The molecule has 7 heteroatoms. The summed E-state index contributed by atoms with van der Waals surface area (Å²) in [5, 5.41) is 14.2. The van der Waals surface area contributed by atoms with Gasteiger partial charge in [-0.2, -0.15) is 5.10 Å². The van der Waals surface area contributed by atoms with Gasteiger partial charge >= 0.3 is 0 Å². The zero-order valence-corrected chi connectivity index (χ0v) is 13.4. The zero-order chi connectivity index (χ0) is 16.4. The van der Waals surface area contributed by atoms with Gasteiger partial charge in [0.15, 0.2) is 5.15 Å². The molecule has 118 valence electrons. The summed E-state index contributed by atoms with van der Waals surface area (Å²) in [6, 6.07) is 4.73. The molecular formula is C15H18ClN3O3. The Hall–Kier alpha value is -1.92. The number of rotatable bonds is 5. The third-order valence-corrected chi connectivity index (χ3v) is 3.31. The Morgan fingerprint density at radius 2 is 1.95 bits per heavy atom. The van der Waals surface area contributed by atoms with E-state index in [2.05, 4.69) is 10.1 Å². The first-order valence-corrected chi connectivity index (χ1v) is 7.14. The van der Waals surface area contributed by atoms with Crippen LogP contribution in [0.4, 0.5) is 0 Å². The number of aromatic nitrogens is 3. The van der Waals surface area contributed by atoms with Crippen LogP contribution >= 0.6 is 11.6 Å². The molecule has 1 N–H and O–H groups in total. The summed E-state index contributed by atoms with van der Waals surface area (Å²) in [5.74, 6) is 0.0763. The number of pyridine rings is 1. The fourth-order valence-electron chi connectivity index (χ4n) is 2.06. The van der Waals surface area contributed by atoms with Crippen LogP contribution in [0.1, 0.15) is 20.8 Å². The number of aliphatic hydroxyl groups is 1. The van der Waals surface area contributed by atoms with Crippen LogP contribution in [0.15, 0.2) is 36.8 Å². The number of nitrogens with zero attached hydrogens (tertiary/aromatic N) is 3. The zero-order valence-electron chi connectivity index (χ0n) is 12.7. The Morgan fingerprint density at radius 3 is 2.41 bits per heavy atom. The summed E-state index contributed by atoms with van der Waals surface area (Å²) in [6.45, 7) is 4.67. The highest BCUT2D eigenvalue weighted by atomic mass is 35.5. The Kier molecular flexibility index (Phi) is 4.53. The van der Waals surface area contributed by atoms with Crippen LogP contribution in [0, 0.1) is 5.41 Å². The number of halogens is 1. The average Bonchev–Trinajstić information content (AvgIpc) is 2.91. The molecule has 0 aliphatic rings. The number of ketones is 1. The summed E-state index contributed by atoms with van der Waals surface area (Å²) in [4.78, 5) is 16.8. The minimum Gasteiger partial charge on any atom is -0.456 e. The lowest BCUT2D eigenvalue weighted by atomic mass is 9.84. The maximum absolute atomic E-state index is 12.9. The van der Waals surface area contributed by atoms with Crippen molar-refractivity contribution in [3.05, 3.63) is 41.9 Å². The van der Waals surface area contributed by atoms with E-state index in [1.807, 2.05) is 0 Å². The number of carbonyl (C=O) groups excluding carboxylic acids is 1. The van der Waals surface area contributed by atoms with Crippen molar-refractivity contribution in [3.63, 3.8) is 0 Å². The fraction of sp³-hybridized carbons (Fsp3) is 0.400. The molecule has 1 unspecified atom stereocenters. The molecule has 0 spiro atoms. The second kappa shape index (κ2) is 6.06. The van der Waals surface area contributed by atoms with Gasteiger partial charge in [0.05, 0.1) is 0 Å². The molecule has 22 heavy (non-hydrogen) atoms. The lowest BCUT2D eigenvalue weighted by molar-refractivity contribution is -0.160. The molecule has 2 aromatic rings. The smallest absolute Gasteiger partial charge is 0.283 e. The van der Waals surface area contributed by atoms with E-state index in [0.29, 0.717) is 5.75 Å². The number of carbonyl (C=O) groups is 1. The van der Waals surface area contributed by atoms with Gasteiger partial charge in [-0.05, 0) is 18.2 Å². The van der Waals surface area contributed by atoms with Gasteiger partial charge < -0.3 is 9.84 Å². The highest BCUT2D eigenvalue weighted by Crippen LogP contribution is 2.31.